The van der Waals surface area contributed by atoms with Crippen LogP contribution in [0.1, 0.15) is 17.2 Å². The van der Waals surface area contributed by atoms with Crippen molar-refractivity contribution in [3.8, 4) is 0 Å². The van der Waals surface area contributed by atoms with Crippen molar-refractivity contribution in [2.24, 2.45) is 0 Å². The molecular weight excluding hydrogens is 358 g/mol. The second-order valence-electron chi connectivity index (χ2n) is 4.08. The first-order valence-electron chi connectivity index (χ1n) is 5.54. The van der Waals surface area contributed by atoms with Crippen LogP contribution in [0, 0.1) is 0 Å². The lowest BCUT2D eigenvalue weighted by Crippen LogP contribution is -2.05. The molecule has 2 rings (SSSR count). The SMILES string of the molecule is Nc1ccc(Br)cc1C(O)Cc1ccccc1Br. The Morgan fingerprint density at radius 2 is 1.83 bits per heavy atom. The smallest absolute Gasteiger partial charge is 0.0851 e. The van der Waals surface area contributed by atoms with E-state index in [9.17, 15) is 5.11 Å². The van der Waals surface area contributed by atoms with Crippen LogP contribution >= 0.6 is 31.9 Å². The van der Waals surface area contributed by atoms with Gasteiger partial charge in [0.05, 0.1) is 6.10 Å². The van der Waals surface area contributed by atoms with Gasteiger partial charge >= 0.3 is 0 Å². The van der Waals surface area contributed by atoms with E-state index in [1.54, 1.807) is 6.07 Å². The molecule has 0 bridgehead atoms. The highest BCUT2D eigenvalue weighted by atomic mass is 79.9. The Balaban J connectivity index is 2.25. The van der Waals surface area contributed by atoms with E-state index in [0.29, 0.717) is 12.1 Å². The number of aliphatic hydroxyl groups is 1. The molecule has 2 nitrogen and oxygen atoms in total. The van der Waals surface area contributed by atoms with Gasteiger partial charge in [-0.3, -0.25) is 0 Å². The number of benzene rings is 2. The summed E-state index contributed by atoms with van der Waals surface area (Å²) in [5.74, 6) is 0. The lowest BCUT2D eigenvalue weighted by Gasteiger charge is -2.15. The van der Waals surface area contributed by atoms with Crippen LogP contribution in [0.3, 0.4) is 0 Å². The van der Waals surface area contributed by atoms with Crippen molar-refractivity contribution in [3.05, 3.63) is 62.5 Å². The Bertz CT molecular complexity index is 557. The zero-order chi connectivity index (χ0) is 13.1. The molecule has 0 saturated carbocycles. The molecule has 0 aromatic heterocycles. The van der Waals surface area contributed by atoms with Gasteiger partial charge in [-0.25, -0.2) is 0 Å². The molecule has 1 unspecified atom stereocenters. The monoisotopic (exact) mass is 369 g/mol. The zero-order valence-electron chi connectivity index (χ0n) is 9.61. The highest BCUT2D eigenvalue weighted by Gasteiger charge is 2.13. The predicted molar refractivity (Wildman–Crippen MR) is 81.4 cm³/mol. The average molecular weight is 371 g/mol. The number of rotatable bonds is 3. The summed E-state index contributed by atoms with van der Waals surface area (Å²) in [5, 5.41) is 10.3. The molecule has 94 valence electrons. The molecule has 4 heteroatoms. The normalized spacial score (nSPS) is 12.4. The Morgan fingerprint density at radius 3 is 2.56 bits per heavy atom. The molecule has 0 aliphatic heterocycles. The number of nitrogen functional groups attached to an aromatic ring is 1. The van der Waals surface area contributed by atoms with E-state index >= 15 is 0 Å². The maximum Gasteiger partial charge on any atom is 0.0851 e. The van der Waals surface area contributed by atoms with Gasteiger partial charge in [0.25, 0.3) is 0 Å². The maximum atomic E-state index is 10.3. The maximum absolute atomic E-state index is 10.3. The van der Waals surface area contributed by atoms with Gasteiger partial charge in [-0.2, -0.15) is 0 Å². The topological polar surface area (TPSA) is 46.2 Å². The van der Waals surface area contributed by atoms with Crippen LogP contribution in [0.25, 0.3) is 0 Å². The molecule has 0 spiro atoms. The second kappa shape index (κ2) is 5.87. The van der Waals surface area contributed by atoms with E-state index in [0.717, 1.165) is 20.1 Å². The number of aliphatic hydroxyl groups excluding tert-OH is 1. The number of halogens is 2. The molecule has 0 aliphatic carbocycles. The molecule has 2 aromatic rings. The van der Waals surface area contributed by atoms with Gasteiger partial charge in [0.1, 0.15) is 0 Å². The van der Waals surface area contributed by atoms with Crippen molar-refractivity contribution in [2.45, 2.75) is 12.5 Å². The summed E-state index contributed by atoms with van der Waals surface area (Å²) in [6.45, 7) is 0. The molecule has 0 aliphatic rings. The standard InChI is InChI=1S/C14H13Br2NO/c15-10-5-6-13(17)11(8-10)14(18)7-9-3-1-2-4-12(9)16/h1-6,8,14,18H,7,17H2. The molecule has 0 radical (unpaired) electrons. The summed E-state index contributed by atoms with van der Waals surface area (Å²) in [5.41, 5.74) is 8.31. The summed E-state index contributed by atoms with van der Waals surface area (Å²) in [6, 6.07) is 13.4. The third kappa shape index (κ3) is 3.13. The van der Waals surface area contributed by atoms with Crippen molar-refractivity contribution in [2.75, 3.05) is 5.73 Å². The summed E-state index contributed by atoms with van der Waals surface area (Å²) in [4.78, 5) is 0. The summed E-state index contributed by atoms with van der Waals surface area (Å²) >= 11 is 6.87. The zero-order valence-corrected chi connectivity index (χ0v) is 12.8. The van der Waals surface area contributed by atoms with Crippen LogP contribution in [0.5, 0.6) is 0 Å². The number of anilines is 1. The number of nitrogens with two attached hydrogens (primary N) is 1. The van der Waals surface area contributed by atoms with E-state index < -0.39 is 6.10 Å². The molecule has 0 fully saturated rings. The fraction of sp³-hybridized carbons (Fsp3) is 0.143. The van der Waals surface area contributed by atoms with Gasteiger partial charge in [0.2, 0.25) is 0 Å². The van der Waals surface area contributed by atoms with Crippen molar-refractivity contribution < 1.29 is 5.11 Å². The summed E-state index contributed by atoms with van der Waals surface area (Å²) < 4.78 is 1.91. The quantitative estimate of drug-likeness (QED) is 0.800. The van der Waals surface area contributed by atoms with Crippen LogP contribution in [0.2, 0.25) is 0 Å². The Morgan fingerprint density at radius 1 is 1.11 bits per heavy atom. The average Bonchev–Trinajstić information content (AvgIpc) is 2.35. The van der Waals surface area contributed by atoms with Gasteiger partial charge in [-0.15, -0.1) is 0 Å². The molecule has 0 amide bonds. The molecule has 0 heterocycles. The Kier molecular flexibility index (Phi) is 4.43. The number of hydrogen-bond donors (Lipinski definition) is 2. The van der Waals surface area contributed by atoms with Crippen molar-refractivity contribution in [1.82, 2.24) is 0 Å². The number of hydrogen-bond acceptors (Lipinski definition) is 2. The van der Waals surface area contributed by atoms with Crippen LogP contribution in [0.15, 0.2) is 51.4 Å². The largest absolute Gasteiger partial charge is 0.398 e. The van der Waals surface area contributed by atoms with Gasteiger partial charge in [-0.05, 0) is 29.8 Å². The first kappa shape index (κ1) is 13.6. The second-order valence-corrected chi connectivity index (χ2v) is 5.85. The minimum Gasteiger partial charge on any atom is -0.398 e. The van der Waals surface area contributed by atoms with Crippen molar-refractivity contribution in [3.63, 3.8) is 0 Å². The predicted octanol–water partition coefficient (Wildman–Crippen LogP) is 4.07. The van der Waals surface area contributed by atoms with Crippen LogP contribution in [-0.4, -0.2) is 5.11 Å². The van der Waals surface area contributed by atoms with Crippen LogP contribution in [-0.2, 0) is 6.42 Å². The van der Waals surface area contributed by atoms with Crippen molar-refractivity contribution in [1.29, 1.82) is 0 Å². The van der Waals surface area contributed by atoms with E-state index in [4.69, 9.17) is 5.73 Å². The van der Waals surface area contributed by atoms with Crippen molar-refractivity contribution >= 4 is 37.5 Å². The molecular formula is C14H13Br2NO. The third-order valence-corrected chi connectivity index (χ3v) is 4.05. The van der Waals surface area contributed by atoms with Gasteiger partial charge in [0.15, 0.2) is 0 Å². The first-order valence-corrected chi connectivity index (χ1v) is 7.13. The highest BCUT2D eigenvalue weighted by molar-refractivity contribution is 9.10. The van der Waals surface area contributed by atoms with Gasteiger partial charge < -0.3 is 10.8 Å². The molecule has 3 N–H and O–H groups in total. The van der Waals surface area contributed by atoms with E-state index in [2.05, 4.69) is 31.9 Å². The molecule has 2 aromatic carbocycles. The lowest BCUT2D eigenvalue weighted by molar-refractivity contribution is 0.179. The van der Waals surface area contributed by atoms with E-state index in [-0.39, 0.29) is 0 Å². The minimum absolute atomic E-state index is 0.530. The minimum atomic E-state index is -0.610. The molecule has 18 heavy (non-hydrogen) atoms. The van der Waals surface area contributed by atoms with Crippen LogP contribution in [0.4, 0.5) is 5.69 Å². The third-order valence-electron chi connectivity index (χ3n) is 2.78. The molecule has 0 saturated heterocycles. The Labute approximate surface area is 123 Å². The summed E-state index contributed by atoms with van der Waals surface area (Å²) in [7, 11) is 0. The van der Waals surface area contributed by atoms with Gasteiger partial charge in [0, 0.05) is 26.6 Å². The molecule has 1 atom stereocenters. The Hall–Kier alpha value is -0.840. The lowest BCUT2D eigenvalue weighted by atomic mass is 10.0. The highest BCUT2D eigenvalue weighted by Crippen LogP contribution is 2.29. The fourth-order valence-corrected chi connectivity index (χ4v) is 2.64. The fourth-order valence-electron chi connectivity index (χ4n) is 1.82. The van der Waals surface area contributed by atoms with Gasteiger partial charge in [-0.1, -0.05) is 50.1 Å². The first-order chi connectivity index (χ1) is 8.58. The van der Waals surface area contributed by atoms with E-state index in [1.165, 1.54) is 0 Å². The summed E-state index contributed by atoms with van der Waals surface area (Å²) in [6.07, 6.45) is -0.0802. The van der Waals surface area contributed by atoms with Crippen LogP contribution < -0.4 is 5.73 Å². The van der Waals surface area contributed by atoms with E-state index in [1.807, 2.05) is 36.4 Å².